The van der Waals surface area contributed by atoms with Crippen LogP contribution in [0.4, 0.5) is 5.69 Å². The van der Waals surface area contributed by atoms with Gasteiger partial charge >= 0.3 is 5.97 Å². The monoisotopic (exact) mass is 247 g/mol. The van der Waals surface area contributed by atoms with Crippen molar-refractivity contribution in [3.05, 3.63) is 29.8 Å². The number of carbonyl (C=O) groups is 1. The Bertz CT molecular complexity index is 395. The molecule has 0 aromatic heterocycles. The van der Waals surface area contributed by atoms with Crippen LogP contribution in [0.2, 0.25) is 0 Å². The molecule has 0 bridgehead atoms. The number of hydrogen-bond acceptors (Lipinski definition) is 3. The van der Waals surface area contributed by atoms with E-state index >= 15 is 0 Å². The Morgan fingerprint density at radius 3 is 2.61 bits per heavy atom. The van der Waals surface area contributed by atoms with Gasteiger partial charge in [-0.25, -0.2) is 4.79 Å². The molecule has 1 aromatic carbocycles. The van der Waals surface area contributed by atoms with E-state index in [9.17, 15) is 4.79 Å². The summed E-state index contributed by atoms with van der Waals surface area (Å²) < 4.78 is 5.04. The summed E-state index contributed by atoms with van der Waals surface area (Å²) in [6.07, 6.45) is 5.11. The van der Waals surface area contributed by atoms with Crippen molar-refractivity contribution in [3.63, 3.8) is 0 Å². The maximum atomic E-state index is 11.7. The molecule has 3 heteroatoms. The summed E-state index contributed by atoms with van der Waals surface area (Å²) in [5, 5.41) is 0. The molecule has 98 valence electrons. The van der Waals surface area contributed by atoms with Gasteiger partial charge in [0, 0.05) is 18.8 Å². The van der Waals surface area contributed by atoms with Crippen LogP contribution in [0, 0.1) is 0 Å². The van der Waals surface area contributed by atoms with Gasteiger partial charge in [-0.3, -0.25) is 0 Å². The molecule has 1 fully saturated rings. The SMILES string of the molecule is CCOC(=O)c1cccc(N2CCCCCC2)c1. The molecule has 0 spiro atoms. The first-order valence-corrected chi connectivity index (χ1v) is 6.83. The highest BCUT2D eigenvalue weighted by atomic mass is 16.5. The van der Waals surface area contributed by atoms with Gasteiger partial charge in [0.1, 0.15) is 0 Å². The molecule has 0 atom stereocenters. The average Bonchev–Trinajstić information content (AvgIpc) is 2.68. The molecular weight excluding hydrogens is 226 g/mol. The van der Waals surface area contributed by atoms with Gasteiger partial charge in [0.05, 0.1) is 12.2 Å². The fourth-order valence-corrected chi connectivity index (χ4v) is 2.37. The van der Waals surface area contributed by atoms with Crippen LogP contribution in [0.3, 0.4) is 0 Å². The topological polar surface area (TPSA) is 29.5 Å². The molecule has 0 N–H and O–H groups in total. The van der Waals surface area contributed by atoms with Gasteiger partial charge in [-0.05, 0) is 38.0 Å². The van der Waals surface area contributed by atoms with Gasteiger partial charge in [-0.15, -0.1) is 0 Å². The maximum absolute atomic E-state index is 11.7. The largest absolute Gasteiger partial charge is 0.462 e. The second-order valence-electron chi connectivity index (χ2n) is 4.67. The highest BCUT2D eigenvalue weighted by molar-refractivity contribution is 5.90. The third kappa shape index (κ3) is 3.25. The van der Waals surface area contributed by atoms with Crippen LogP contribution < -0.4 is 4.90 Å². The standard InChI is InChI=1S/C15H21NO2/c1-2-18-15(17)13-8-7-9-14(12-13)16-10-5-3-4-6-11-16/h7-9,12H,2-6,10-11H2,1H3. The van der Waals surface area contributed by atoms with Crippen LogP contribution in [-0.4, -0.2) is 25.7 Å². The van der Waals surface area contributed by atoms with Gasteiger partial charge in [0.2, 0.25) is 0 Å². The number of nitrogens with zero attached hydrogens (tertiary/aromatic N) is 1. The van der Waals surface area contributed by atoms with Gasteiger partial charge in [-0.1, -0.05) is 18.9 Å². The highest BCUT2D eigenvalue weighted by Crippen LogP contribution is 2.21. The van der Waals surface area contributed by atoms with E-state index in [1.807, 2.05) is 25.1 Å². The van der Waals surface area contributed by atoms with Crippen molar-refractivity contribution in [2.24, 2.45) is 0 Å². The molecule has 0 aliphatic carbocycles. The molecule has 2 rings (SSSR count). The lowest BCUT2D eigenvalue weighted by atomic mass is 10.2. The van der Waals surface area contributed by atoms with Crippen LogP contribution in [0.5, 0.6) is 0 Å². The molecule has 1 aromatic rings. The second-order valence-corrected chi connectivity index (χ2v) is 4.67. The summed E-state index contributed by atoms with van der Waals surface area (Å²) >= 11 is 0. The van der Waals surface area contributed by atoms with Crippen molar-refractivity contribution in [3.8, 4) is 0 Å². The quantitative estimate of drug-likeness (QED) is 0.768. The zero-order valence-electron chi connectivity index (χ0n) is 11.0. The maximum Gasteiger partial charge on any atom is 0.338 e. The van der Waals surface area contributed by atoms with Crippen molar-refractivity contribution in [1.82, 2.24) is 0 Å². The predicted octanol–water partition coefficient (Wildman–Crippen LogP) is 3.24. The number of ether oxygens (including phenoxy) is 1. The smallest absolute Gasteiger partial charge is 0.338 e. The molecule has 1 saturated heterocycles. The van der Waals surface area contributed by atoms with E-state index in [1.54, 1.807) is 0 Å². The summed E-state index contributed by atoms with van der Waals surface area (Å²) in [6.45, 7) is 4.43. The molecule has 1 heterocycles. The average molecular weight is 247 g/mol. The molecular formula is C15H21NO2. The summed E-state index contributed by atoms with van der Waals surface area (Å²) in [5.74, 6) is -0.228. The zero-order chi connectivity index (χ0) is 12.8. The van der Waals surface area contributed by atoms with Crippen molar-refractivity contribution in [2.45, 2.75) is 32.6 Å². The van der Waals surface area contributed by atoms with Gasteiger partial charge in [0.15, 0.2) is 0 Å². The lowest BCUT2D eigenvalue weighted by Crippen LogP contribution is -2.24. The Hall–Kier alpha value is -1.51. The second kappa shape index (κ2) is 6.43. The molecule has 0 amide bonds. The van der Waals surface area contributed by atoms with E-state index in [0.29, 0.717) is 12.2 Å². The Morgan fingerprint density at radius 2 is 1.94 bits per heavy atom. The van der Waals surface area contributed by atoms with Crippen LogP contribution in [0.25, 0.3) is 0 Å². The summed E-state index contributed by atoms with van der Waals surface area (Å²) in [7, 11) is 0. The Kier molecular flexibility index (Phi) is 4.62. The van der Waals surface area contributed by atoms with E-state index in [4.69, 9.17) is 4.74 Å². The minimum atomic E-state index is -0.228. The first-order valence-electron chi connectivity index (χ1n) is 6.83. The minimum Gasteiger partial charge on any atom is -0.462 e. The van der Waals surface area contributed by atoms with E-state index in [1.165, 1.54) is 25.7 Å². The Balaban J connectivity index is 2.12. The van der Waals surface area contributed by atoms with Gasteiger partial charge < -0.3 is 9.64 Å². The summed E-state index contributed by atoms with van der Waals surface area (Å²) in [5.41, 5.74) is 1.79. The van der Waals surface area contributed by atoms with Crippen molar-refractivity contribution in [1.29, 1.82) is 0 Å². The normalized spacial score (nSPS) is 16.2. The Labute approximate surface area is 109 Å². The molecule has 0 saturated carbocycles. The number of anilines is 1. The number of carbonyl (C=O) groups excluding carboxylic acids is 1. The van der Waals surface area contributed by atoms with E-state index in [2.05, 4.69) is 11.0 Å². The lowest BCUT2D eigenvalue weighted by Gasteiger charge is -2.23. The molecule has 3 nitrogen and oxygen atoms in total. The zero-order valence-corrected chi connectivity index (χ0v) is 11.0. The van der Waals surface area contributed by atoms with Crippen molar-refractivity contribution in [2.75, 3.05) is 24.6 Å². The van der Waals surface area contributed by atoms with Gasteiger partial charge in [-0.2, -0.15) is 0 Å². The van der Waals surface area contributed by atoms with Crippen LogP contribution in [-0.2, 0) is 4.74 Å². The van der Waals surface area contributed by atoms with Crippen LogP contribution in [0.1, 0.15) is 43.0 Å². The van der Waals surface area contributed by atoms with Gasteiger partial charge in [0.25, 0.3) is 0 Å². The molecule has 0 unspecified atom stereocenters. The summed E-state index contributed by atoms with van der Waals surface area (Å²) in [4.78, 5) is 14.1. The third-order valence-corrected chi connectivity index (χ3v) is 3.33. The Morgan fingerprint density at radius 1 is 1.22 bits per heavy atom. The molecule has 1 aliphatic rings. The first kappa shape index (κ1) is 12.9. The summed E-state index contributed by atoms with van der Waals surface area (Å²) in [6, 6.07) is 7.78. The molecule has 0 radical (unpaired) electrons. The minimum absolute atomic E-state index is 0.228. The number of esters is 1. The first-order chi connectivity index (χ1) is 8.81. The number of benzene rings is 1. The number of hydrogen-bond donors (Lipinski definition) is 0. The molecule has 18 heavy (non-hydrogen) atoms. The fourth-order valence-electron chi connectivity index (χ4n) is 2.37. The van der Waals surface area contributed by atoms with Crippen LogP contribution in [0.15, 0.2) is 24.3 Å². The van der Waals surface area contributed by atoms with E-state index in [0.717, 1.165) is 18.8 Å². The van der Waals surface area contributed by atoms with E-state index < -0.39 is 0 Å². The fraction of sp³-hybridized carbons (Fsp3) is 0.533. The van der Waals surface area contributed by atoms with E-state index in [-0.39, 0.29) is 5.97 Å². The number of rotatable bonds is 3. The third-order valence-electron chi connectivity index (χ3n) is 3.33. The van der Waals surface area contributed by atoms with Crippen molar-refractivity contribution >= 4 is 11.7 Å². The lowest BCUT2D eigenvalue weighted by molar-refractivity contribution is 0.0526. The predicted molar refractivity (Wildman–Crippen MR) is 73.1 cm³/mol. The van der Waals surface area contributed by atoms with Crippen LogP contribution >= 0.6 is 0 Å². The van der Waals surface area contributed by atoms with Crippen molar-refractivity contribution < 1.29 is 9.53 Å². The highest BCUT2D eigenvalue weighted by Gasteiger charge is 2.12. The molecule has 1 aliphatic heterocycles.